The van der Waals surface area contributed by atoms with Crippen LogP contribution in [0.15, 0.2) is 12.1 Å². The number of carbonyl (C=O) groups excluding carboxylic acids is 1. The molecule has 0 aromatic carbocycles. The average Bonchev–Trinajstić information content (AvgIpc) is 2.87. The second kappa shape index (κ2) is 5.70. The zero-order valence-corrected chi connectivity index (χ0v) is 11.1. The topological polar surface area (TPSA) is 103 Å². The van der Waals surface area contributed by atoms with Crippen LogP contribution in [0.25, 0.3) is 0 Å². The van der Waals surface area contributed by atoms with E-state index < -0.39 is 5.97 Å². The van der Waals surface area contributed by atoms with E-state index in [-0.39, 0.29) is 23.6 Å². The van der Waals surface area contributed by atoms with E-state index in [0.29, 0.717) is 30.5 Å². The van der Waals surface area contributed by atoms with E-state index in [0.717, 1.165) is 0 Å². The molecule has 1 aliphatic carbocycles. The Balaban J connectivity index is 2.01. The standard InChI is InChI=1S/C14H15N3O3/c1-8-10(7-15)3-5-12(16-8)13(18)17-11-4-2-9(6-11)14(19)20/h3,5,9,11H,2,4,6H2,1H3,(H,17,18)(H,19,20)/t9-,11+/m0/s1. The molecule has 0 bridgehead atoms. The van der Waals surface area contributed by atoms with E-state index >= 15 is 0 Å². The second-order valence-electron chi connectivity index (χ2n) is 4.96. The molecule has 1 saturated carbocycles. The Kier molecular flexibility index (Phi) is 3.99. The van der Waals surface area contributed by atoms with Crippen molar-refractivity contribution in [2.24, 2.45) is 5.92 Å². The molecule has 2 rings (SSSR count). The van der Waals surface area contributed by atoms with Gasteiger partial charge in [0.15, 0.2) is 0 Å². The maximum Gasteiger partial charge on any atom is 0.306 e. The Morgan fingerprint density at radius 1 is 1.45 bits per heavy atom. The monoisotopic (exact) mass is 273 g/mol. The highest BCUT2D eigenvalue weighted by molar-refractivity contribution is 5.92. The van der Waals surface area contributed by atoms with Gasteiger partial charge in [0.25, 0.3) is 5.91 Å². The zero-order chi connectivity index (χ0) is 14.7. The molecular formula is C14H15N3O3. The van der Waals surface area contributed by atoms with Crippen molar-refractivity contribution in [3.05, 3.63) is 29.1 Å². The third-order valence-corrected chi connectivity index (χ3v) is 3.56. The zero-order valence-electron chi connectivity index (χ0n) is 11.1. The van der Waals surface area contributed by atoms with E-state index in [1.54, 1.807) is 13.0 Å². The minimum Gasteiger partial charge on any atom is -0.481 e. The van der Waals surface area contributed by atoms with Crippen molar-refractivity contribution >= 4 is 11.9 Å². The summed E-state index contributed by atoms with van der Waals surface area (Å²) in [6.07, 6.45) is 1.70. The normalized spacial score (nSPS) is 21.2. The molecule has 0 saturated heterocycles. The van der Waals surface area contributed by atoms with E-state index in [1.165, 1.54) is 6.07 Å². The number of hydrogen-bond acceptors (Lipinski definition) is 4. The van der Waals surface area contributed by atoms with Crippen LogP contribution in [0.1, 0.15) is 41.0 Å². The number of aromatic nitrogens is 1. The van der Waals surface area contributed by atoms with Gasteiger partial charge in [-0.2, -0.15) is 5.26 Å². The van der Waals surface area contributed by atoms with Crippen molar-refractivity contribution in [2.45, 2.75) is 32.2 Å². The van der Waals surface area contributed by atoms with E-state index in [4.69, 9.17) is 10.4 Å². The van der Waals surface area contributed by atoms with Crippen LogP contribution in [0.4, 0.5) is 0 Å². The van der Waals surface area contributed by atoms with Crippen LogP contribution in [0.3, 0.4) is 0 Å². The number of rotatable bonds is 3. The molecule has 1 amide bonds. The predicted octanol–water partition coefficient (Wildman–Crippen LogP) is 1.24. The van der Waals surface area contributed by atoms with Gasteiger partial charge in [-0.05, 0) is 38.3 Å². The van der Waals surface area contributed by atoms with E-state index in [9.17, 15) is 9.59 Å². The first-order valence-corrected chi connectivity index (χ1v) is 6.42. The molecule has 1 heterocycles. The number of carboxylic acid groups (broad SMARTS) is 1. The Labute approximate surface area is 116 Å². The number of hydrogen-bond donors (Lipinski definition) is 2. The quantitative estimate of drug-likeness (QED) is 0.862. The smallest absolute Gasteiger partial charge is 0.306 e. The molecular weight excluding hydrogens is 258 g/mol. The summed E-state index contributed by atoms with van der Waals surface area (Å²) in [6, 6.07) is 4.94. The first kappa shape index (κ1) is 14.0. The van der Waals surface area contributed by atoms with Gasteiger partial charge < -0.3 is 10.4 Å². The number of nitrogens with zero attached hydrogens (tertiary/aromatic N) is 2. The van der Waals surface area contributed by atoms with Crippen LogP contribution < -0.4 is 5.32 Å². The molecule has 1 aromatic heterocycles. The summed E-state index contributed by atoms with van der Waals surface area (Å²) < 4.78 is 0. The fourth-order valence-electron chi connectivity index (χ4n) is 2.40. The molecule has 6 nitrogen and oxygen atoms in total. The average molecular weight is 273 g/mol. The molecule has 6 heteroatoms. The number of nitriles is 1. The molecule has 20 heavy (non-hydrogen) atoms. The third-order valence-electron chi connectivity index (χ3n) is 3.56. The number of aliphatic carboxylic acids is 1. The van der Waals surface area contributed by atoms with Gasteiger partial charge in [-0.3, -0.25) is 9.59 Å². The highest BCUT2D eigenvalue weighted by Crippen LogP contribution is 2.25. The van der Waals surface area contributed by atoms with Gasteiger partial charge in [0.1, 0.15) is 11.8 Å². The van der Waals surface area contributed by atoms with Gasteiger partial charge in [0.2, 0.25) is 0 Å². The lowest BCUT2D eigenvalue weighted by molar-refractivity contribution is -0.141. The van der Waals surface area contributed by atoms with Crippen LogP contribution in [0.5, 0.6) is 0 Å². The molecule has 2 atom stereocenters. The van der Waals surface area contributed by atoms with Crippen LogP contribution in [0.2, 0.25) is 0 Å². The van der Waals surface area contributed by atoms with E-state index in [2.05, 4.69) is 10.3 Å². The first-order valence-electron chi connectivity index (χ1n) is 6.42. The fourth-order valence-corrected chi connectivity index (χ4v) is 2.40. The lowest BCUT2D eigenvalue weighted by Crippen LogP contribution is -2.34. The fraction of sp³-hybridized carbons (Fsp3) is 0.429. The highest BCUT2D eigenvalue weighted by atomic mass is 16.4. The van der Waals surface area contributed by atoms with Crippen molar-refractivity contribution in [3.8, 4) is 6.07 Å². The third kappa shape index (κ3) is 2.94. The molecule has 104 valence electrons. The van der Waals surface area contributed by atoms with Gasteiger partial charge in [-0.1, -0.05) is 0 Å². The Bertz CT molecular complexity index is 592. The van der Waals surface area contributed by atoms with Crippen molar-refractivity contribution in [1.82, 2.24) is 10.3 Å². The molecule has 1 aliphatic rings. The van der Waals surface area contributed by atoms with Gasteiger partial charge >= 0.3 is 5.97 Å². The van der Waals surface area contributed by atoms with Crippen LogP contribution >= 0.6 is 0 Å². The number of carboxylic acids is 1. The largest absolute Gasteiger partial charge is 0.481 e. The van der Waals surface area contributed by atoms with Gasteiger partial charge in [-0.25, -0.2) is 4.98 Å². The summed E-state index contributed by atoms with van der Waals surface area (Å²) in [5.41, 5.74) is 1.20. The number of carbonyl (C=O) groups is 2. The lowest BCUT2D eigenvalue weighted by atomic mass is 10.1. The van der Waals surface area contributed by atoms with Crippen LogP contribution in [-0.4, -0.2) is 28.0 Å². The second-order valence-corrected chi connectivity index (χ2v) is 4.96. The van der Waals surface area contributed by atoms with Crippen LogP contribution in [-0.2, 0) is 4.79 Å². The molecule has 0 unspecified atom stereocenters. The Morgan fingerprint density at radius 3 is 2.75 bits per heavy atom. The highest BCUT2D eigenvalue weighted by Gasteiger charge is 2.30. The summed E-state index contributed by atoms with van der Waals surface area (Å²) in [6.45, 7) is 1.67. The van der Waals surface area contributed by atoms with Crippen molar-refractivity contribution in [1.29, 1.82) is 5.26 Å². The molecule has 1 fully saturated rings. The summed E-state index contributed by atoms with van der Waals surface area (Å²) >= 11 is 0. The van der Waals surface area contributed by atoms with Gasteiger partial charge in [-0.15, -0.1) is 0 Å². The maximum absolute atomic E-state index is 12.0. The van der Waals surface area contributed by atoms with Crippen molar-refractivity contribution in [2.75, 3.05) is 0 Å². The van der Waals surface area contributed by atoms with Crippen molar-refractivity contribution < 1.29 is 14.7 Å². The molecule has 2 N–H and O–H groups in total. The van der Waals surface area contributed by atoms with Gasteiger partial charge in [0.05, 0.1) is 17.2 Å². The van der Waals surface area contributed by atoms with Crippen LogP contribution in [0, 0.1) is 24.2 Å². The predicted molar refractivity (Wildman–Crippen MR) is 69.9 cm³/mol. The molecule has 0 aliphatic heterocycles. The summed E-state index contributed by atoms with van der Waals surface area (Å²) in [4.78, 5) is 27.0. The first-order chi connectivity index (χ1) is 9.51. The number of nitrogens with one attached hydrogen (secondary N) is 1. The van der Waals surface area contributed by atoms with E-state index in [1.807, 2.05) is 6.07 Å². The van der Waals surface area contributed by atoms with Crippen molar-refractivity contribution in [3.63, 3.8) is 0 Å². The summed E-state index contributed by atoms with van der Waals surface area (Å²) in [5.74, 6) is -1.52. The molecule has 1 aromatic rings. The summed E-state index contributed by atoms with van der Waals surface area (Å²) in [7, 11) is 0. The number of amides is 1. The Hall–Kier alpha value is -2.42. The Morgan fingerprint density at radius 2 is 2.20 bits per heavy atom. The van der Waals surface area contributed by atoms with Gasteiger partial charge in [0, 0.05) is 6.04 Å². The minimum absolute atomic E-state index is 0.124. The lowest BCUT2D eigenvalue weighted by Gasteiger charge is -2.12. The minimum atomic E-state index is -0.811. The molecule has 0 radical (unpaired) electrons. The number of aryl methyl sites for hydroxylation is 1. The SMILES string of the molecule is Cc1nc(C(=O)N[C@@H]2CC[C@H](C(=O)O)C2)ccc1C#N. The maximum atomic E-state index is 12.0. The molecule has 0 spiro atoms. The summed E-state index contributed by atoms with van der Waals surface area (Å²) in [5, 5.41) is 20.5. The number of pyridine rings is 1.